The van der Waals surface area contributed by atoms with Crippen LogP contribution in [-0.4, -0.2) is 0 Å². The molecule has 0 nitrogen and oxygen atoms in total. The van der Waals surface area contributed by atoms with Crippen molar-refractivity contribution in [3.63, 3.8) is 0 Å². The van der Waals surface area contributed by atoms with Crippen LogP contribution in [-0.2, 0) is 0 Å². The highest BCUT2D eigenvalue weighted by Gasteiger charge is 2.25. The Bertz CT molecular complexity index is 2380. The zero-order valence-corrected chi connectivity index (χ0v) is 24.7. The molecule has 0 bridgehead atoms. The Hall–Kier alpha value is -5.46. The van der Waals surface area contributed by atoms with E-state index in [4.69, 9.17) is 0 Å². The maximum Gasteiger partial charge on any atom is -0.00201 e. The highest BCUT2D eigenvalue weighted by Crippen LogP contribution is 2.52. The van der Waals surface area contributed by atoms with Crippen LogP contribution >= 0.6 is 0 Å². The predicted molar refractivity (Wildman–Crippen MR) is 188 cm³/mol. The van der Waals surface area contributed by atoms with Gasteiger partial charge in [0.2, 0.25) is 0 Å². The number of fused-ring (bicyclic) bond motifs is 7. The SMILES string of the molecule is Cc1ccc2c(c1)-c1cccc3c(-c4ccc(-c5ccc6c7c(cccc57)-c5cc(C)ccc5-6)c5ccccc45)ccc-2c13. The Morgan fingerprint density at radius 3 is 1.05 bits per heavy atom. The van der Waals surface area contributed by atoms with E-state index in [0.717, 1.165) is 0 Å². The molecule has 10 rings (SSSR count). The number of hydrogen-bond donors (Lipinski definition) is 0. The van der Waals surface area contributed by atoms with Gasteiger partial charge in [0, 0.05) is 0 Å². The fourth-order valence-corrected chi connectivity index (χ4v) is 8.18. The molecule has 0 heterocycles. The third-order valence-electron chi connectivity index (χ3n) is 10.1. The van der Waals surface area contributed by atoms with Crippen molar-refractivity contribution in [1.82, 2.24) is 0 Å². The van der Waals surface area contributed by atoms with Gasteiger partial charge in [-0.05, 0) is 113 Å². The van der Waals surface area contributed by atoms with Crippen LogP contribution in [0.3, 0.4) is 0 Å². The summed E-state index contributed by atoms with van der Waals surface area (Å²) in [5, 5.41) is 7.98. The summed E-state index contributed by atoms with van der Waals surface area (Å²) in [5.74, 6) is 0. The first-order chi connectivity index (χ1) is 21.7. The van der Waals surface area contributed by atoms with Gasteiger partial charge in [0.25, 0.3) is 0 Å². The summed E-state index contributed by atoms with van der Waals surface area (Å²) in [6.45, 7) is 4.37. The summed E-state index contributed by atoms with van der Waals surface area (Å²) in [6, 6.07) is 50.4. The summed E-state index contributed by atoms with van der Waals surface area (Å²) in [4.78, 5) is 0. The topological polar surface area (TPSA) is 0 Å². The van der Waals surface area contributed by atoms with Crippen molar-refractivity contribution in [3.8, 4) is 66.8 Å². The molecule has 0 amide bonds. The molecule has 0 unspecified atom stereocenters. The molecule has 0 atom stereocenters. The lowest BCUT2D eigenvalue weighted by molar-refractivity contribution is 1.48. The molecule has 8 aromatic carbocycles. The Kier molecular flexibility index (Phi) is 4.67. The van der Waals surface area contributed by atoms with Gasteiger partial charge in [-0.2, -0.15) is 0 Å². The largest absolute Gasteiger partial charge is 0.0616 e. The van der Waals surface area contributed by atoms with Crippen molar-refractivity contribution in [2.24, 2.45) is 0 Å². The molecule has 0 aromatic heterocycles. The molecule has 8 aromatic rings. The zero-order chi connectivity index (χ0) is 29.1. The number of hydrogen-bond acceptors (Lipinski definition) is 0. The minimum Gasteiger partial charge on any atom is -0.0616 e. The Balaban J connectivity index is 1.21. The first-order valence-corrected chi connectivity index (χ1v) is 15.5. The predicted octanol–water partition coefficient (Wildman–Crippen LogP) is 12.4. The van der Waals surface area contributed by atoms with Crippen LogP contribution in [0.2, 0.25) is 0 Å². The van der Waals surface area contributed by atoms with Crippen molar-refractivity contribution in [2.45, 2.75) is 13.8 Å². The van der Waals surface area contributed by atoms with Gasteiger partial charge < -0.3 is 0 Å². The van der Waals surface area contributed by atoms with Crippen LogP contribution in [0.1, 0.15) is 11.1 Å². The Labute approximate surface area is 256 Å². The zero-order valence-electron chi connectivity index (χ0n) is 24.7. The molecule has 0 fully saturated rings. The van der Waals surface area contributed by atoms with Crippen molar-refractivity contribution in [1.29, 1.82) is 0 Å². The standard InChI is InChI=1S/C44H28/c1-25-13-15-33-39-21-19-31(35-9-5-11-37(43(35)39)41(33)23-25)29-17-18-30(28-8-4-3-7-27(28)29)32-20-22-40-34-16-14-26(2)24-42(34)38-12-6-10-36(32)44(38)40/h3-24H,1-2H3. The minimum atomic E-state index is 1.29. The second kappa shape index (κ2) is 8.56. The van der Waals surface area contributed by atoms with Gasteiger partial charge >= 0.3 is 0 Å². The summed E-state index contributed by atoms with van der Waals surface area (Å²) in [6.07, 6.45) is 0. The summed E-state index contributed by atoms with van der Waals surface area (Å²) >= 11 is 0. The van der Waals surface area contributed by atoms with E-state index in [1.54, 1.807) is 0 Å². The van der Waals surface area contributed by atoms with Crippen LogP contribution in [0.15, 0.2) is 133 Å². The van der Waals surface area contributed by atoms with Gasteiger partial charge in [0.15, 0.2) is 0 Å². The van der Waals surface area contributed by atoms with Gasteiger partial charge in [0.1, 0.15) is 0 Å². The van der Waals surface area contributed by atoms with E-state index in [1.165, 1.54) is 110 Å². The molecular weight excluding hydrogens is 528 g/mol. The van der Waals surface area contributed by atoms with Crippen LogP contribution in [0.4, 0.5) is 0 Å². The number of rotatable bonds is 2. The second-order valence-corrected chi connectivity index (χ2v) is 12.6. The van der Waals surface area contributed by atoms with Crippen LogP contribution in [0.5, 0.6) is 0 Å². The average molecular weight is 557 g/mol. The molecule has 2 aliphatic rings. The van der Waals surface area contributed by atoms with E-state index >= 15 is 0 Å². The molecule has 0 saturated carbocycles. The lowest BCUT2D eigenvalue weighted by Crippen LogP contribution is -1.89. The maximum absolute atomic E-state index is 2.36. The molecule has 204 valence electrons. The second-order valence-electron chi connectivity index (χ2n) is 12.6. The molecular formula is C44H28. The van der Waals surface area contributed by atoms with Crippen molar-refractivity contribution >= 4 is 32.3 Å². The fraction of sp³-hybridized carbons (Fsp3) is 0.0455. The summed E-state index contributed by atoms with van der Waals surface area (Å²) in [7, 11) is 0. The average Bonchev–Trinajstić information content (AvgIpc) is 3.55. The smallest absolute Gasteiger partial charge is 0.00201 e. The molecule has 0 saturated heterocycles. The molecule has 0 N–H and O–H groups in total. The molecule has 44 heavy (non-hydrogen) atoms. The summed E-state index contributed by atoms with van der Waals surface area (Å²) in [5.41, 5.74) is 18.6. The maximum atomic E-state index is 2.36. The van der Waals surface area contributed by atoms with Gasteiger partial charge in [-0.1, -0.05) is 145 Å². The van der Waals surface area contributed by atoms with E-state index < -0.39 is 0 Å². The van der Waals surface area contributed by atoms with E-state index in [-0.39, 0.29) is 0 Å². The number of benzene rings is 8. The van der Waals surface area contributed by atoms with Gasteiger partial charge in [-0.15, -0.1) is 0 Å². The van der Waals surface area contributed by atoms with E-state index in [9.17, 15) is 0 Å². The molecule has 2 aliphatic carbocycles. The quantitative estimate of drug-likeness (QED) is 0.199. The number of aryl methyl sites for hydroxylation is 2. The van der Waals surface area contributed by atoms with Crippen LogP contribution < -0.4 is 0 Å². The first-order valence-electron chi connectivity index (χ1n) is 15.5. The van der Waals surface area contributed by atoms with Gasteiger partial charge in [-0.25, -0.2) is 0 Å². The minimum absolute atomic E-state index is 1.29. The van der Waals surface area contributed by atoms with E-state index in [2.05, 4.69) is 147 Å². The summed E-state index contributed by atoms with van der Waals surface area (Å²) < 4.78 is 0. The molecule has 0 aliphatic heterocycles. The first kappa shape index (κ1) is 24.0. The van der Waals surface area contributed by atoms with Crippen molar-refractivity contribution in [3.05, 3.63) is 145 Å². The van der Waals surface area contributed by atoms with E-state index in [0.29, 0.717) is 0 Å². The molecule has 0 heteroatoms. The lowest BCUT2D eigenvalue weighted by atomic mass is 9.87. The van der Waals surface area contributed by atoms with Gasteiger partial charge in [-0.3, -0.25) is 0 Å². The van der Waals surface area contributed by atoms with Crippen molar-refractivity contribution < 1.29 is 0 Å². The molecule has 0 radical (unpaired) electrons. The van der Waals surface area contributed by atoms with Gasteiger partial charge in [0.05, 0.1) is 0 Å². The Morgan fingerprint density at radius 2 is 0.591 bits per heavy atom. The third-order valence-corrected chi connectivity index (χ3v) is 10.1. The normalized spacial score (nSPS) is 12.3. The highest BCUT2D eigenvalue weighted by molar-refractivity contribution is 6.22. The third kappa shape index (κ3) is 3.07. The fourth-order valence-electron chi connectivity index (χ4n) is 8.18. The van der Waals surface area contributed by atoms with Crippen LogP contribution in [0.25, 0.3) is 99.1 Å². The van der Waals surface area contributed by atoms with Crippen molar-refractivity contribution in [2.75, 3.05) is 0 Å². The van der Waals surface area contributed by atoms with Crippen LogP contribution in [0, 0.1) is 13.8 Å². The lowest BCUT2D eigenvalue weighted by Gasteiger charge is -2.16. The Morgan fingerprint density at radius 1 is 0.250 bits per heavy atom. The van der Waals surface area contributed by atoms with E-state index in [1.807, 2.05) is 0 Å². The monoisotopic (exact) mass is 556 g/mol. The molecule has 0 spiro atoms. The highest BCUT2D eigenvalue weighted by atomic mass is 14.3.